The molecule has 1 atom stereocenters. The molecule has 0 aliphatic carbocycles. The Morgan fingerprint density at radius 3 is 2.68 bits per heavy atom. The zero-order valence-corrected chi connectivity index (χ0v) is 15.6. The van der Waals surface area contributed by atoms with Crippen LogP contribution in [-0.2, 0) is 16.0 Å². The highest BCUT2D eigenvalue weighted by Crippen LogP contribution is 2.27. The Hall–Kier alpha value is -3.48. The Morgan fingerprint density at radius 1 is 1.18 bits per heavy atom. The maximum atomic E-state index is 12.8. The summed E-state index contributed by atoms with van der Waals surface area (Å²) >= 11 is 0. The summed E-state index contributed by atoms with van der Waals surface area (Å²) in [6, 6.07) is 15.3. The third-order valence-electron chi connectivity index (χ3n) is 4.98. The van der Waals surface area contributed by atoms with Crippen molar-refractivity contribution in [1.29, 1.82) is 0 Å². The molecule has 1 aromatic heterocycles. The topological polar surface area (TPSA) is 80.1 Å². The number of carbonyl (C=O) groups is 2. The van der Waals surface area contributed by atoms with Crippen LogP contribution in [0.5, 0.6) is 0 Å². The molecular formula is C21H21N5O2. The van der Waals surface area contributed by atoms with E-state index in [0.717, 1.165) is 17.8 Å². The molecule has 1 saturated heterocycles. The molecule has 4 rings (SSSR count). The predicted octanol–water partition coefficient (Wildman–Crippen LogP) is 2.82. The molecule has 0 bridgehead atoms. The van der Waals surface area contributed by atoms with Crippen LogP contribution in [0.3, 0.4) is 0 Å². The smallest absolute Gasteiger partial charge is 0.229 e. The lowest BCUT2D eigenvalue weighted by Crippen LogP contribution is -2.28. The minimum absolute atomic E-state index is 0.0334. The standard InChI is InChI=1S/C21H21N5O2/c1-2-15-7-9-17(10-8-15)25-14-16(13-20(25)27)21(28)23-18-5-3-4-6-19(18)26-12-11-22-24-26/h3-12,16H,2,13-14H2,1H3,(H,23,28). The molecule has 2 heterocycles. The van der Waals surface area contributed by atoms with Crippen molar-refractivity contribution in [1.82, 2.24) is 15.0 Å². The fraction of sp³-hybridized carbons (Fsp3) is 0.238. The zero-order valence-electron chi connectivity index (χ0n) is 15.6. The number of amides is 2. The highest BCUT2D eigenvalue weighted by molar-refractivity contribution is 6.04. The molecule has 0 radical (unpaired) electrons. The minimum Gasteiger partial charge on any atom is -0.324 e. The van der Waals surface area contributed by atoms with Gasteiger partial charge >= 0.3 is 0 Å². The monoisotopic (exact) mass is 375 g/mol. The number of nitrogens with one attached hydrogen (secondary N) is 1. The summed E-state index contributed by atoms with van der Waals surface area (Å²) in [7, 11) is 0. The quantitative estimate of drug-likeness (QED) is 0.744. The van der Waals surface area contributed by atoms with Crippen LogP contribution >= 0.6 is 0 Å². The van der Waals surface area contributed by atoms with Crippen LogP contribution in [0, 0.1) is 5.92 Å². The Morgan fingerprint density at radius 2 is 1.96 bits per heavy atom. The lowest BCUT2D eigenvalue weighted by atomic mass is 10.1. The number of rotatable bonds is 5. The van der Waals surface area contributed by atoms with Crippen LogP contribution in [0.1, 0.15) is 18.9 Å². The maximum Gasteiger partial charge on any atom is 0.229 e. The van der Waals surface area contributed by atoms with Gasteiger partial charge in [-0.1, -0.05) is 36.4 Å². The van der Waals surface area contributed by atoms with Gasteiger partial charge in [-0.05, 0) is 36.2 Å². The summed E-state index contributed by atoms with van der Waals surface area (Å²) in [5.74, 6) is -0.607. The van der Waals surface area contributed by atoms with Crippen LogP contribution in [0.4, 0.5) is 11.4 Å². The van der Waals surface area contributed by atoms with Crippen molar-refractivity contribution in [2.75, 3.05) is 16.8 Å². The molecule has 2 aromatic carbocycles. The number of aromatic nitrogens is 3. The Bertz CT molecular complexity index is 982. The number of anilines is 2. The second-order valence-electron chi connectivity index (χ2n) is 6.78. The summed E-state index contributed by atoms with van der Waals surface area (Å²) in [5, 5.41) is 10.7. The van der Waals surface area contributed by atoms with E-state index in [2.05, 4.69) is 22.6 Å². The van der Waals surface area contributed by atoms with E-state index < -0.39 is 5.92 Å². The normalized spacial score (nSPS) is 16.4. The van der Waals surface area contributed by atoms with Crippen molar-refractivity contribution in [2.45, 2.75) is 19.8 Å². The van der Waals surface area contributed by atoms with Crippen molar-refractivity contribution in [3.8, 4) is 5.69 Å². The van der Waals surface area contributed by atoms with Crippen LogP contribution in [-0.4, -0.2) is 33.4 Å². The average molecular weight is 375 g/mol. The Balaban J connectivity index is 1.49. The molecule has 0 saturated carbocycles. The van der Waals surface area contributed by atoms with E-state index in [0.29, 0.717) is 12.2 Å². The van der Waals surface area contributed by atoms with E-state index in [1.54, 1.807) is 22.0 Å². The van der Waals surface area contributed by atoms with Crippen LogP contribution in [0.2, 0.25) is 0 Å². The van der Waals surface area contributed by atoms with Gasteiger partial charge in [-0.2, -0.15) is 0 Å². The van der Waals surface area contributed by atoms with Crippen molar-refractivity contribution in [2.24, 2.45) is 5.92 Å². The van der Waals surface area contributed by atoms with E-state index in [9.17, 15) is 9.59 Å². The molecule has 1 N–H and O–H groups in total. The molecule has 1 fully saturated rings. The number of hydrogen-bond acceptors (Lipinski definition) is 4. The maximum absolute atomic E-state index is 12.8. The number of aryl methyl sites for hydroxylation is 1. The van der Waals surface area contributed by atoms with E-state index in [-0.39, 0.29) is 18.2 Å². The first-order chi connectivity index (χ1) is 13.7. The fourth-order valence-electron chi connectivity index (χ4n) is 3.39. The summed E-state index contributed by atoms with van der Waals surface area (Å²) < 4.78 is 1.59. The van der Waals surface area contributed by atoms with Crippen molar-refractivity contribution in [3.63, 3.8) is 0 Å². The van der Waals surface area contributed by atoms with Crippen LogP contribution < -0.4 is 10.2 Å². The van der Waals surface area contributed by atoms with E-state index in [1.165, 1.54) is 5.56 Å². The third-order valence-corrected chi connectivity index (χ3v) is 4.98. The van der Waals surface area contributed by atoms with Gasteiger partial charge < -0.3 is 10.2 Å². The summed E-state index contributed by atoms with van der Waals surface area (Å²) in [4.78, 5) is 27.0. The van der Waals surface area contributed by atoms with E-state index >= 15 is 0 Å². The predicted molar refractivity (Wildman–Crippen MR) is 106 cm³/mol. The molecule has 28 heavy (non-hydrogen) atoms. The highest BCUT2D eigenvalue weighted by atomic mass is 16.2. The van der Waals surface area contributed by atoms with Gasteiger partial charge in [0.2, 0.25) is 11.8 Å². The molecule has 1 unspecified atom stereocenters. The number of hydrogen-bond donors (Lipinski definition) is 1. The first-order valence-corrected chi connectivity index (χ1v) is 9.31. The minimum atomic E-state index is -0.401. The van der Waals surface area contributed by atoms with E-state index in [4.69, 9.17) is 0 Å². The summed E-state index contributed by atoms with van der Waals surface area (Å²) in [6.45, 7) is 2.47. The number of nitrogens with zero attached hydrogens (tertiary/aromatic N) is 4. The molecule has 1 aliphatic rings. The molecular weight excluding hydrogens is 354 g/mol. The number of para-hydroxylation sites is 2. The Labute approximate surface area is 163 Å². The Kier molecular flexibility index (Phi) is 4.89. The largest absolute Gasteiger partial charge is 0.324 e. The van der Waals surface area contributed by atoms with Gasteiger partial charge in [0.05, 0.1) is 29.7 Å². The van der Waals surface area contributed by atoms with Gasteiger partial charge in [-0.3, -0.25) is 9.59 Å². The van der Waals surface area contributed by atoms with Crippen LogP contribution in [0.25, 0.3) is 5.69 Å². The first-order valence-electron chi connectivity index (χ1n) is 9.31. The second kappa shape index (κ2) is 7.64. The molecule has 142 valence electrons. The van der Waals surface area contributed by atoms with E-state index in [1.807, 2.05) is 48.5 Å². The first kappa shape index (κ1) is 17.9. The summed E-state index contributed by atoms with van der Waals surface area (Å²) in [6.07, 6.45) is 4.44. The van der Waals surface area contributed by atoms with Crippen molar-refractivity contribution >= 4 is 23.2 Å². The van der Waals surface area contributed by atoms with Gasteiger partial charge in [-0.15, -0.1) is 5.10 Å². The van der Waals surface area contributed by atoms with Crippen molar-refractivity contribution < 1.29 is 9.59 Å². The number of benzene rings is 2. The molecule has 1 aliphatic heterocycles. The zero-order chi connectivity index (χ0) is 19.5. The average Bonchev–Trinajstić information content (AvgIpc) is 3.38. The summed E-state index contributed by atoms with van der Waals surface area (Å²) in [5.41, 5.74) is 3.41. The highest BCUT2D eigenvalue weighted by Gasteiger charge is 2.35. The lowest BCUT2D eigenvalue weighted by molar-refractivity contribution is -0.122. The van der Waals surface area contributed by atoms with Gasteiger partial charge in [-0.25, -0.2) is 4.68 Å². The molecule has 0 spiro atoms. The van der Waals surface area contributed by atoms with Crippen LogP contribution in [0.15, 0.2) is 60.9 Å². The molecule has 7 heteroatoms. The van der Waals surface area contributed by atoms with Gasteiger partial charge in [0.15, 0.2) is 0 Å². The van der Waals surface area contributed by atoms with Crippen molar-refractivity contribution in [3.05, 3.63) is 66.5 Å². The number of carbonyl (C=O) groups excluding carboxylic acids is 2. The molecule has 2 amide bonds. The SMILES string of the molecule is CCc1ccc(N2CC(C(=O)Nc3ccccc3-n3ccnn3)CC2=O)cc1. The molecule has 7 nitrogen and oxygen atoms in total. The van der Waals surface area contributed by atoms with Gasteiger partial charge in [0.1, 0.15) is 0 Å². The lowest BCUT2D eigenvalue weighted by Gasteiger charge is -2.17. The fourth-order valence-corrected chi connectivity index (χ4v) is 3.39. The third kappa shape index (κ3) is 3.51. The van der Waals surface area contributed by atoms with Gasteiger partial charge in [0, 0.05) is 18.7 Å². The second-order valence-corrected chi connectivity index (χ2v) is 6.78. The van der Waals surface area contributed by atoms with Gasteiger partial charge in [0.25, 0.3) is 0 Å². The molecule has 3 aromatic rings.